The van der Waals surface area contributed by atoms with Crippen molar-refractivity contribution in [1.82, 2.24) is 14.8 Å². The first-order valence-electron chi connectivity index (χ1n) is 6.34. The molecule has 0 amide bonds. The quantitative estimate of drug-likeness (QED) is 0.915. The smallest absolute Gasteiger partial charge is 0.161 e. The van der Waals surface area contributed by atoms with E-state index in [9.17, 15) is 0 Å². The molecule has 5 heteroatoms. The van der Waals surface area contributed by atoms with Crippen molar-refractivity contribution in [2.45, 2.75) is 32.9 Å². The fourth-order valence-electron chi connectivity index (χ4n) is 2.19. The van der Waals surface area contributed by atoms with Gasteiger partial charge < -0.3 is 10.5 Å². The Hall–Kier alpha value is -1.88. The van der Waals surface area contributed by atoms with Crippen molar-refractivity contribution in [3.63, 3.8) is 0 Å². The molecule has 2 aromatic heterocycles. The van der Waals surface area contributed by atoms with E-state index in [1.165, 1.54) is 0 Å². The van der Waals surface area contributed by atoms with E-state index in [2.05, 4.69) is 23.9 Å². The second-order valence-electron chi connectivity index (χ2n) is 4.79. The van der Waals surface area contributed by atoms with Crippen LogP contribution in [0.4, 0.5) is 0 Å². The molecule has 1 unspecified atom stereocenters. The van der Waals surface area contributed by atoms with E-state index in [0.717, 1.165) is 17.0 Å². The van der Waals surface area contributed by atoms with Gasteiger partial charge in [-0.3, -0.25) is 9.67 Å². The largest absolute Gasteiger partial charge is 0.493 e. The van der Waals surface area contributed by atoms with Crippen LogP contribution in [0.2, 0.25) is 0 Å². The molecule has 0 bridgehead atoms. The van der Waals surface area contributed by atoms with Gasteiger partial charge >= 0.3 is 0 Å². The van der Waals surface area contributed by atoms with E-state index >= 15 is 0 Å². The fourth-order valence-corrected chi connectivity index (χ4v) is 2.19. The van der Waals surface area contributed by atoms with E-state index in [-0.39, 0.29) is 12.1 Å². The Labute approximate surface area is 113 Å². The van der Waals surface area contributed by atoms with E-state index in [1.807, 2.05) is 23.7 Å². The topological polar surface area (TPSA) is 66.0 Å². The summed E-state index contributed by atoms with van der Waals surface area (Å²) in [4.78, 5) is 4.29. The van der Waals surface area contributed by atoms with E-state index in [1.54, 1.807) is 19.5 Å². The zero-order valence-corrected chi connectivity index (χ0v) is 11.8. The highest BCUT2D eigenvalue weighted by atomic mass is 16.5. The van der Waals surface area contributed by atoms with Crippen molar-refractivity contribution >= 4 is 0 Å². The summed E-state index contributed by atoms with van der Waals surface area (Å²) >= 11 is 0. The SMILES string of the molecule is COc1cnn(C(C)C)c1C(N)c1cccnc1C. The number of nitrogens with zero attached hydrogens (tertiary/aromatic N) is 3. The number of pyridine rings is 1. The van der Waals surface area contributed by atoms with Gasteiger partial charge in [-0.2, -0.15) is 5.10 Å². The zero-order chi connectivity index (χ0) is 14.0. The van der Waals surface area contributed by atoms with Crippen molar-refractivity contribution in [1.29, 1.82) is 0 Å². The molecule has 102 valence electrons. The highest BCUT2D eigenvalue weighted by molar-refractivity contribution is 5.37. The monoisotopic (exact) mass is 260 g/mol. The van der Waals surface area contributed by atoms with Gasteiger partial charge in [0.15, 0.2) is 5.75 Å². The molecule has 0 aliphatic rings. The highest BCUT2D eigenvalue weighted by Gasteiger charge is 2.22. The van der Waals surface area contributed by atoms with Gasteiger partial charge in [0.2, 0.25) is 0 Å². The molecule has 5 nitrogen and oxygen atoms in total. The summed E-state index contributed by atoms with van der Waals surface area (Å²) in [7, 11) is 1.63. The van der Waals surface area contributed by atoms with Crippen LogP contribution in [-0.4, -0.2) is 21.9 Å². The van der Waals surface area contributed by atoms with Gasteiger partial charge in [0.1, 0.15) is 5.69 Å². The van der Waals surface area contributed by atoms with Crippen molar-refractivity contribution in [2.75, 3.05) is 7.11 Å². The Morgan fingerprint density at radius 3 is 2.68 bits per heavy atom. The number of nitrogens with two attached hydrogens (primary N) is 1. The molecule has 0 fully saturated rings. The summed E-state index contributed by atoms with van der Waals surface area (Å²) in [5, 5.41) is 4.35. The maximum atomic E-state index is 6.40. The average Bonchev–Trinajstić information content (AvgIpc) is 2.82. The molecule has 0 saturated heterocycles. The van der Waals surface area contributed by atoms with Crippen molar-refractivity contribution < 1.29 is 4.74 Å². The Morgan fingerprint density at radius 2 is 2.11 bits per heavy atom. The van der Waals surface area contributed by atoms with Gasteiger partial charge in [-0.25, -0.2) is 0 Å². The summed E-state index contributed by atoms with van der Waals surface area (Å²) in [5.74, 6) is 0.712. The molecule has 0 saturated carbocycles. The van der Waals surface area contributed by atoms with E-state index < -0.39 is 0 Å². The number of rotatable bonds is 4. The number of methoxy groups -OCH3 is 1. The molecule has 1 atom stereocenters. The standard InChI is InChI=1S/C14H20N4O/c1-9(2)18-14(12(19-4)8-17-18)13(15)11-6-5-7-16-10(11)3/h5-9,13H,15H2,1-4H3. The molecule has 0 radical (unpaired) electrons. The number of hydrogen-bond acceptors (Lipinski definition) is 4. The van der Waals surface area contributed by atoms with Crippen LogP contribution < -0.4 is 10.5 Å². The maximum Gasteiger partial charge on any atom is 0.161 e. The third-order valence-corrected chi connectivity index (χ3v) is 3.19. The van der Waals surface area contributed by atoms with Crippen LogP contribution >= 0.6 is 0 Å². The van der Waals surface area contributed by atoms with E-state index in [0.29, 0.717) is 5.75 Å². The number of hydrogen-bond donors (Lipinski definition) is 1. The van der Waals surface area contributed by atoms with Crippen molar-refractivity contribution in [2.24, 2.45) is 5.73 Å². The Morgan fingerprint density at radius 1 is 1.37 bits per heavy atom. The second kappa shape index (κ2) is 5.40. The normalized spacial score (nSPS) is 12.7. The van der Waals surface area contributed by atoms with Gasteiger partial charge in [0, 0.05) is 17.9 Å². The van der Waals surface area contributed by atoms with Crippen LogP contribution in [0.25, 0.3) is 0 Å². The van der Waals surface area contributed by atoms with Crippen LogP contribution in [0.5, 0.6) is 5.75 Å². The van der Waals surface area contributed by atoms with Crippen LogP contribution in [0, 0.1) is 6.92 Å². The molecule has 0 aromatic carbocycles. The molecule has 0 aliphatic carbocycles. The Balaban J connectivity index is 2.52. The lowest BCUT2D eigenvalue weighted by molar-refractivity contribution is 0.400. The minimum absolute atomic E-state index is 0.224. The molecule has 19 heavy (non-hydrogen) atoms. The predicted octanol–water partition coefficient (Wildman–Crippen LogP) is 2.22. The summed E-state index contributed by atoms with van der Waals surface area (Å²) in [6.07, 6.45) is 3.48. The number of aryl methyl sites for hydroxylation is 1. The maximum absolute atomic E-state index is 6.40. The second-order valence-corrected chi connectivity index (χ2v) is 4.79. The zero-order valence-electron chi connectivity index (χ0n) is 11.8. The molecule has 2 N–H and O–H groups in total. The molecule has 0 aliphatic heterocycles. The summed E-state index contributed by atoms with van der Waals surface area (Å²) < 4.78 is 7.27. The Kier molecular flexibility index (Phi) is 3.85. The minimum atomic E-state index is -0.298. The predicted molar refractivity (Wildman–Crippen MR) is 74.2 cm³/mol. The Bertz CT molecular complexity index is 562. The third-order valence-electron chi connectivity index (χ3n) is 3.19. The lowest BCUT2D eigenvalue weighted by Gasteiger charge is -2.19. The van der Waals surface area contributed by atoms with Crippen molar-refractivity contribution in [3.05, 3.63) is 41.5 Å². The summed E-state index contributed by atoms with van der Waals surface area (Å²) in [6.45, 7) is 6.09. The highest BCUT2D eigenvalue weighted by Crippen LogP contribution is 2.30. The molecular weight excluding hydrogens is 240 g/mol. The van der Waals surface area contributed by atoms with Gasteiger partial charge in [-0.05, 0) is 32.4 Å². The number of aromatic nitrogens is 3. The molecule has 2 heterocycles. The first kappa shape index (κ1) is 13.5. The van der Waals surface area contributed by atoms with Crippen LogP contribution in [0.3, 0.4) is 0 Å². The minimum Gasteiger partial charge on any atom is -0.493 e. The average molecular weight is 260 g/mol. The first-order valence-corrected chi connectivity index (χ1v) is 6.34. The van der Waals surface area contributed by atoms with Gasteiger partial charge in [-0.15, -0.1) is 0 Å². The summed E-state index contributed by atoms with van der Waals surface area (Å²) in [6, 6.07) is 3.81. The van der Waals surface area contributed by atoms with Gasteiger partial charge in [-0.1, -0.05) is 6.07 Å². The molecule has 0 spiro atoms. The molecular formula is C14H20N4O. The molecule has 2 aromatic rings. The van der Waals surface area contributed by atoms with Crippen LogP contribution in [0.1, 0.15) is 42.9 Å². The third kappa shape index (κ3) is 2.46. The summed E-state index contributed by atoms with van der Waals surface area (Å²) in [5.41, 5.74) is 9.19. The van der Waals surface area contributed by atoms with Gasteiger partial charge in [0.05, 0.1) is 19.3 Å². The van der Waals surface area contributed by atoms with E-state index in [4.69, 9.17) is 10.5 Å². The van der Waals surface area contributed by atoms with Gasteiger partial charge in [0.25, 0.3) is 0 Å². The number of ether oxygens (including phenoxy) is 1. The lowest BCUT2D eigenvalue weighted by atomic mass is 10.0. The first-order chi connectivity index (χ1) is 9.06. The molecule has 2 rings (SSSR count). The van der Waals surface area contributed by atoms with Crippen LogP contribution in [-0.2, 0) is 0 Å². The van der Waals surface area contributed by atoms with Crippen molar-refractivity contribution in [3.8, 4) is 5.75 Å². The lowest BCUT2D eigenvalue weighted by Crippen LogP contribution is -2.20. The van der Waals surface area contributed by atoms with Crippen LogP contribution in [0.15, 0.2) is 24.5 Å². The fraction of sp³-hybridized carbons (Fsp3) is 0.429.